The molecule has 0 spiro atoms. The topological polar surface area (TPSA) is 78.9 Å². The van der Waals surface area contributed by atoms with E-state index in [0.717, 1.165) is 96.3 Å². The Hall–Kier alpha value is -3.41. The van der Waals surface area contributed by atoms with Crippen molar-refractivity contribution in [2.24, 2.45) is 0 Å². The molecule has 0 amide bonds. The highest BCUT2D eigenvalue weighted by Crippen LogP contribution is 2.16. The highest BCUT2D eigenvalue weighted by atomic mass is 16.6. The lowest BCUT2D eigenvalue weighted by Crippen LogP contribution is -2.30. The number of hydrogen-bond donors (Lipinski definition) is 0. The Kier molecular flexibility index (Phi) is 63.2. The van der Waals surface area contributed by atoms with Gasteiger partial charge in [0.25, 0.3) is 0 Å². The van der Waals surface area contributed by atoms with Crippen molar-refractivity contribution in [2.75, 3.05) is 13.2 Å². The second-order valence-corrected chi connectivity index (χ2v) is 22.3. The minimum Gasteiger partial charge on any atom is -0.462 e. The predicted molar refractivity (Wildman–Crippen MR) is 339 cm³/mol. The second kappa shape index (κ2) is 66.1. The zero-order valence-electron chi connectivity index (χ0n) is 51.7. The van der Waals surface area contributed by atoms with E-state index in [1.165, 1.54) is 199 Å². The van der Waals surface area contributed by atoms with Crippen LogP contribution in [0.2, 0.25) is 0 Å². The normalized spacial score (nSPS) is 12.6. The Labute approximate surface area is 484 Å². The first kappa shape index (κ1) is 74.6. The van der Waals surface area contributed by atoms with Gasteiger partial charge in [0.2, 0.25) is 0 Å². The predicted octanol–water partition coefficient (Wildman–Crippen LogP) is 23.1. The Bertz CT molecular complexity index is 1480. The lowest BCUT2D eigenvalue weighted by molar-refractivity contribution is -0.167. The first-order valence-electron chi connectivity index (χ1n) is 33.6. The van der Waals surface area contributed by atoms with Crippen LogP contribution in [0.25, 0.3) is 0 Å². The quantitative estimate of drug-likeness (QED) is 0.0261. The van der Waals surface area contributed by atoms with Crippen molar-refractivity contribution in [1.29, 1.82) is 0 Å². The smallest absolute Gasteiger partial charge is 0.306 e. The van der Waals surface area contributed by atoms with E-state index in [2.05, 4.69) is 106 Å². The van der Waals surface area contributed by atoms with Crippen LogP contribution in [0.15, 0.2) is 85.1 Å². The van der Waals surface area contributed by atoms with Crippen LogP contribution >= 0.6 is 0 Å². The molecule has 0 aliphatic carbocycles. The summed E-state index contributed by atoms with van der Waals surface area (Å²) in [7, 11) is 0. The standard InChI is InChI=1S/C72H126O6/c1-4-7-10-13-16-19-22-25-28-30-32-33-34-35-36-37-38-39-40-42-44-47-50-53-56-59-62-65-71(74)77-68-69(67-76-70(73)64-61-58-55-52-49-46-43-27-24-21-18-15-12-9-6-3)78-72(75)66-63-60-57-54-51-48-45-41-31-29-26-23-20-17-14-11-8-5-2/h7,10,16,19,25,27-29,31-33,35-36,43,69H,4-6,8-9,11-15,17-18,20-24,26,30,34,37-42,44-68H2,1-3H3/b10-7-,19-16-,28-25-,31-29-,33-32-,36-35-,43-27-. The van der Waals surface area contributed by atoms with Crippen LogP contribution in [0.1, 0.15) is 335 Å². The van der Waals surface area contributed by atoms with Gasteiger partial charge >= 0.3 is 17.9 Å². The van der Waals surface area contributed by atoms with Crippen molar-refractivity contribution in [3.05, 3.63) is 85.1 Å². The summed E-state index contributed by atoms with van der Waals surface area (Å²) in [5.41, 5.74) is 0. The van der Waals surface area contributed by atoms with Gasteiger partial charge in [0.15, 0.2) is 6.10 Å². The molecule has 0 saturated carbocycles. The summed E-state index contributed by atoms with van der Waals surface area (Å²) in [6.45, 7) is 6.55. The minimum atomic E-state index is -0.784. The Morgan fingerprint density at radius 3 is 0.795 bits per heavy atom. The van der Waals surface area contributed by atoms with E-state index in [9.17, 15) is 14.4 Å². The molecule has 0 bridgehead atoms. The van der Waals surface area contributed by atoms with Crippen molar-refractivity contribution in [2.45, 2.75) is 341 Å². The van der Waals surface area contributed by atoms with E-state index < -0.39 is 6.10 Å². The van der Waals surface area contributed by atoms with Crippen LogP contribution in [0.3, 0.4) is 0 Å². The number of carbonyl (C=O) groups excluding carboxylic acids is 3. The fraction of sp³-hybridized carbons (Fsp3) is 0.764. The molecule has 1 atom stereocenters. The van der Waals surface area contributed by atoms with Crippen molar-refractivity contribution < 1.29 is 28.6 Å². The number of hydrogen-bond acceptors (Lipinski definition) is 6. The third-order valence-electron chi connectivity index (χ3n) is 14.6. The van der Waals surface area contributed by atoms with E-state index in [-0.39, 0.29) is 31.1 Å². The summed E-state index contributed by atoms with van der Waals surface area (Å²) >= 11 is 0. The van der Waals surface area contributed by atoms with E-state index in [0.29, 0.717) is 19.3 Å². The van der Waals surface area contributed by atoms with Gasteiger partial charge in [-0.1, -0.05) is 286 Å². The molecule has 0 N–H and O–H groups in total. The molecule has 450 valence electrons. The van der Waals surface area contributed by atoms with Gasteiger partial charge in [-0.3, -0.25) is 14.4 Å². The van der Waals surface area contributed by atoms with Crippen LogP contribution in [-0.4, -0.2) is 37.2 Å². The molecule has 78 heavy (non-hydrogen) atoms. The van der Waals surface area contributed by atoms with Gasteiger partial charge in [0.1, 0.15) is 13.2 Å². The number of ether oxygens (including phenoxy) is 3. The Morgan fingerprint density at radius 2 is 0.500 bits per heavy atom. The van der Waals surface area contributed by atoms with Gasteiger partial charge in [0.05, 0.1) is 0 Å². The minimum absolute atomic E-state index is 0.0804. The van der Waals surface area contributed by atoms with Crippen LogP contribution in [0.5, 0.6) is 0 Å². The molecule has 0 rings (SSSR count). The third-order valence-corrected chi connectivity index (χ3v) is 14.6. The monoisotopic (exact) mass is 1090 g/mol. The molecule has 6 heteroatoms. The number of rotatable bonds is 61. The highest BCUT2D eigenvalue weighted by Gasteiger charge is 2.19. The molecule has 0 aromatic carbocycles. The lowest BCUT2D eigenvalue weighted by atomic mass is 10.0. The van der Waals surface area contributed by atoms with Crippen molar-refractivity contribution >= 4 is 17.9 Å². The summed E-state index contributed by atoms with van der Waals surface area (Å²) in [6, 6.07) is 0. The molecule has 1 unspecified atom stereocenters. The van der Waals surface area contributed by atoms with Crippen LogP contribution in [0.4, 0.5) is 0 Å². The SMILES string of the molecule is CC/C=C\C/C=C\C/C=C\C/C=C\C/C=C\CCCCCCCCCCCCCC(=O)OCC(COC(=O)CCCCCCC/C=C\CCCCCCCC)OC(=O)CCCCCCCCC/C=C\CCCCCCCCC. The number of unbranched alkanes of at least 4 members (excludes halogenated alkanes) is 36. The first-order valence-corrected chi connectivity index (χ1v) is 33.6. The molecular formula is C72H126O6. The molecule has 0 aromatic rings. The average Bonchev–Trinajstić information content (AvgIpc) is 3.44. The van der Waals surface area contributed by atoms with Gasteiger partial charge in [-0.2, -0.15) is 0 Å². The molecular weight excluding hydrogens is 961 g/mol. The third kappa shape index (κ3) is 63.4. The fourth-order valence-electron chi connectivity index (χ4n) is 9.58. The number of allylic oxidation sites excluding steroid dienone is 14. The van der Waals surface area contributed by atoms with Gasteiger partial charge in [-0.15, -0.1) is 0 Å². The maximum Gasteiger partial charge on any atom is 0.306 e. The van der Waals surface area contributed by atoms with Crippen molar-refractivity contribution in [1.82, 2.24) is 0 Å². The zero-order valence-corrected chi connectivity index (χ0v) is 51.7. The van der Waals surface area contributed by atoms with Gasteiger partial charge in [-0.05, 0) is 116 Å². The van der Waals surface area contributed by atoms with E-state index >= 15 is 0 Å². The molecule has 0 heterocycles. The number of esters is 3. The first-order chi connectivity index (χ1) is 38.5. The fourth-order valence-corrected chi connectivity index (χ4v) is 9.58. The van der Waals surface area contributed by atoms with Crippen molar-refractivity contribution in [3.8, 4) is 0 Å². The maximum absolute atomic E-state index is 12.9. The highest BCUT2D eigenvalue weighted by molar-refractivity contribution is 5.71. The molecule has 0 aromatic heterocycles. The molecule has 0 saturated heterocycles. The summed E-state index contributed by atoms with van der Waals surface area (Å²) in [5.74, 6) is -0.881. The summed E-state index contributed by atoms with van der Waals surface area (Å²) < 4.78 is 17.0. The lowest BCUT2D eigenvalue weighted by Gasteiger charge is -2.18. The average molecular weight is 1090 g/mol. The van der Waals surface area contributed by atoms with E-state index in [1.807, 2.05) is 0 Å². The molecule has 0 radical (unpaired) electrons. The number of carbonyl (C=O) groups is 3. The van der Waals surface area contributed by atoms with Gasteiger partial charge < -0.3 is 14.2 Å². The Balaban J connectivity index is 4.32. The largest absolute Gasteiger partial charge is 0.462 e. The summed E-state index contributed by atoms with van der Waals surface area (Å²) in [6.07, 6.45) is 87.3. The van der Waals surface area contributed by atoms with Gasteiger partial charge in [0, 0.05) is 19.3 Å². The Morgan fingerprint density at radius 1 is 0.269 bits per heavy atom. The second-order valence-electron chi connectivity index (χ2n) is 22.3. The zero-order chi connectivity index (χ0) is 56.4. The molecule has 6 nitrogen and oxygen atoms in total. The van der Waals surface area contributed by atoms with E-state index in [1.54, 1.807) is 0 Å². The maximum atomic E-state index is 12.9. The van der Waals surface area contributed by atoms with Crippen molar-refractivity contribution in [3.63, 3.8) is 0 Å². The summed E-state index contributed by atoms with van der Waals surface area (Å²) in [5, 5.41) is 0. The van der Waals surface area contributed by atoms with Gasteiger partial charge in [-0.25, -0.2) is 0 Å². The van der Waals surface area contributed by atoms with Crippen LogP contribution in [0, 0.1) is 0 Å². The van der Waals surface area contributed by atoms with Crippen LogP contribution < -0.4 is 0 Å². The summed E-state index contributed by atoms with van der Waals surface area (Å²) in [4.78, 5) is 38.4. The van der Waals surface area contributed by atoms with Crippen LogP contribution in [-0.2, 0) is 28.6 Å². The molecule has 0 aliphatic rings. The molecule has 0 fully saturated rings. The van der Waals surface area contributed by atoms with E-state index in [4.69, 9.17) is 14.2 Å². The molecule has 0 aliphatic heterocycles.